The molecule has 3 rings (SSSR count). The van der Waals surface area contributed by atoms with Crippen LogP contribution in [0.15, 0.2) is 40.3 Å². The van der Waals surface area contributed by atoms with Gasteiger partial charge in [-0.15, -0.1) is 22.8 Å². The summed E-state index contributed by atoms with van der Waals surface area (Å²) in [5, 5.41) is 19.8. The van der Waals surface area contributed by atoms with Gasteiger partial charge < -0.3 is 9.52 Å². The van der Waals surface area contributed by atoms with E-state index in [0.29, 0.717) is 16.7 Å². The Morgan fingerprint density at radius 1 is 1.00 bits per heavy atom. The summed E-state index contributed by atoms with van der Waals surface area (Å²) in [6.07, 6.45) is 3.23. The van der Waals surface area contributed by atoms with Crippen molar-refractivity contribution < 1.29 is 9.52 Å². The lowest BCUT2D eigenvalue weighted by Gasteiger charge is -2.28. The molecule has 26 heavy (non-hydrogen) atoms. The van der Waals surface area contributed by atoms with Gasteiger partial charge in [-0.25, -0.2) is 0 Å². The first-order valence-electron chi connectivity index (χ1n) is 8.55. The quantitative estimate of drug-likeness (QED) is 0.614. The Kier molecular flexibility index (Phi) is 4.43. The van der Waals surface area contributed by atoms with E-state index in [-0.39, 0.29) is 10.8 Å². The van der Waals surface area contributed by atoms with Gasteiger partial charge in [0, 0.05) is 11.1 Å². The molecule has 2 heterocycles. The van der Waals surface area contributed by atoms with Crippen LogP contribution in [0.3, 0.4) is 0 Å². The van der Waals surface area contributed by atoms with Crippen molar-refractivity contribution in [3.63, 3.8) is 0 Å². The van der Waals surface area contributed by atoms with Crippen molar-refractivity contribution >= 4 is 12.6 Å². The second kappa shape index (κ2) is 6.20. The Labute approximate surface area is 159 Å². The molecule has 0 atom stereocenters. The van der Waals surface area contributed by atoms with Gasteiger partial charge in [0.2, 0.25) is 0 Å². The van der Waals surface area contributed by atoms with Crippen molar-refractivity contribution in [1.82, 2.24) is 14.8 Å². The SMILES string of the molecule is CC(C)(C)c1cc(-n2c(S)nnc2-c2ccoc2)cc(C(C)(C)C)c1O. The third-order valence-electron chi connectivity index (χ3n) is 4.39. The van der Waals surface area contributed by atoms with Crippen molar-refractivity contribution in [1.29, 1.82) is 0 Å². The van der Waals surface area contributed by atoms with Crippen LogP contribution in [0.1, 0.15) is 52.7 Å². The van der Waals surface area contributed by atoms with E-state index >= 15 is 0 Å². The number of aromatic nitrogens is 3. The molecule has 0 fully saturated rings. The van der Waals surface area contributed by atoms with Gasteiger partial charge in [-0.1, -0.05) is 41.5 Å². The highest BCUT2D eigenvalue weighted by molar-refractivity contribution is 7.80. The largest absolute Gasteiger partial charge is 0.507 e. The Morgan fingerprint density at radius 3 is 2.04 bits per heavy atom. The minimum Gasteiger partial charge on any atom is -0.507 e. The summed E-state index contributed by atoms with van der Waals surface area (Å²) in [4.78, 5) is 0. The predicted molar refractivity (Wildman–Crippen MR) is 105 cm³/mol. The Hall–Kier alpha value is -2.21. The summed E-state index contributed by atoms with van der Waals surface area (Å²) in [5.74, 6) is 0.988. The first kappa shape index (κ1) is 18.6. The Morgan fingerprint density at radius 2 is 1.58 bits per heavy atom. The number of rotatable bonds is 2. The summed E-state index contributed by atoms with van der Waals surface area (Å²) in [6.45, 7) is 12.5. The molecule has 1 aromatic carbocycles. The van der Waals surface area contributed by atoms with Crippen molar-refractivity contribution in [2.45, 2.75) is 57.5 Å². The van der Waals surface area contributed by atoms with E-state index in [4.69, 9.17) is 4.42 Å². The summed E-state index contributed by atoms with van der Waals surface area (Å²) >= 11 is 4.50. The smallest absolute Gasteiger partial charge is 0.193 e. The molecular formula is C20H25N3O2S. The standard InChI is InChI=1S/C20H25N3O2S/c1-19(2,3)14-9-13(10-15(16(14)24)20(4,5)6)23-17(21-22-18(23)26)12-7-8-25-11-12/h7-11,24H,1-6H3,(H,22,26). The van der Waals surface area contributed by atoms with Crippen LogP contribution in [-0.4, -0.2) is 19.9 Å². The third kappa shape index (κ3) is 3.26. The zero-order valence-corrected chi connectivity index (χ0v) is 16.9. The van der Waals surface area contributed by atoms with Crippen molar-refractivity contribution in [3.05, 3.63) is 41.9 Å². The molecule has 3 aromatic rings. The maximum atomic E-state index is 10.9. The van der Waals surface area contributed by atoms with E-state index < -0.39 is 0 Å². The lowest BCUT2D eigenvalue weighted by atomic mass is 9.79. The first-order valence-corrected chi connectivity index (χ1v) is 9.00. The number of hydrogen-bond donors (Lipinski definition) is 2. The fourth-order valence-corrected chi connectivity index (χ4v) is 3.24. The van der Waals surface area contributed by atoms with Crippen LogP contribution in [0.4, 0.5) is 0 Å². The van der Waals surface area contributed by atoms with E-state index in [1.807, 2.05) is 22.8 Å². The molecule has 0 saturated carbocycles. The highest BCUT2D eigenvalue weighted by Crippen LogP contribution is 2.41. The molecular weight excluding hydrogens is 346 g/mol. The predicted octanol–water partition coefficient (Wildman–Crippen LogP) is 5.12. The Bertz CT molecular complexity index is 894. The molecule has 5 nitrogen and oxygen atoms in total. The van der Waals surface area contributed by atoms with Crippen LogP contribution in [-0.2, 0) is 10.8 Å². The van der Waals surface area contributed by atoms with E-state index in [0.717, 1.165) is 22.4 Å². The van der Waals surface area contributed by atoms with E-state index in [1.54, 1.807) is 12.5 Å². The number of phenolic OH excluding ortho intramolecular Hbond substituents is 1. The highest BCUT2D eigenvalue weighted by atomic mass is 32.1. The third-order valence-corrected chi connectivity index (χ3v) is 4.68. The Balaban J connectivity index is 2.32. The molecule has 0 unspecified atom stereocenters. The molecule has 0 amide bonds. The molecule has 0 spiro atoms. The van der Waals surface area contributed by atoms with Gasteiger partial charge in [-0.3, -0.25) is 4.57 Å². The average molecular weight is 372 g/mol. The summed E-state index contributed by atoms with van der Waals surface area (Å²) in [7, 11) is 0. The minimum absolute atomic E-state index is 0.222. The van der Waals surface area contributed by atoms with Gasteiger partial charge in [0.1, 0.15) is 12.0 Å². The average Bonchev–Trinajstić information content (AvgIpc) is 3.14. The summed E-state index contributed by atoms with van der Waals surface area (Å²) < 4.78 is 7.07. The van der Waals surface area contributed by atoms with Gasteiger partial charge in [-0.05, 0) is 29.0 Å². The van der Waals surface area contributed by atoms with Gasteiger partial charge in [0.15, 0.2) is 11.0 Å². The van der Waals surface area contributed by atoms with Crippen molar-refractivity contribution in [2.75, 3.05) is 0 Å². The van der Waals surface area contributed by atoms with Crippen LogP contribution >= 0.6 is 12.6 Å². The molecule has 2 aromatic heterocycles. The number of furan rings is 1. The second-order valence-corrected chi connectivity index (χ2v) is 8.96. The van der Waals surface area contributed by atoms with Crippen LogP contribution in [0, 0.1) is 0 Å². The van der Waals surface area contributed by atoms with E-state index in [9.17, 15) is 5.11 Å². The number of nitrogens with zero attached hydrogens (tertiary/aromatic N) is 3. The van der Waals surface area contributed by atoms with Gasteiger partial charge in [0.05, 0.1) is 17.5 Å². The molecule has 138 valence electrons. The topological polar surface area (TPSA) is 64.1 Å². The maximum Gasteiger partial charge on any atom is 0.193 e. The van der Waals surface area contributed by atoms with Crippen LogP contribution in [0.2, 0.25) is 0 Å². The van der Waals surface area contributed by atoms with Gasteiger partial charge in [-0.2, -0.15) is 0 Å². The number of phenols is 1. The monoisotopic (exact) mass is 371 g/mol. The fraction of sp³-hybridized carbons (Fsp3) is 0.400. The molecule has 1 N–H and O–H groups in total. The zero-order valence-electron chi connectivity index (χ0n) is 16.0. The number of thiol groups is 1. The molecule has 0 bridgehead atoms. The second-order valence-electron chi connectivity index (χ2n) is 8.56. The van der Waals surface area contributed by atoms with Gasteiger partial charge >= 0.3 is 0 Å². The van der Waals surface area contributed by atoms with Crippen LogP contribution in [0.5, 0.6) is 5.75 Å². The minimum atomic E-state index is -0.222. The number of hydrogen-bond acceptors (Lipinski definition) is 5. The zero-order chi connectivity index (χ0) is 19.3. The number of aromatic hydroxyl groups is 1. The summed E-state index contributed by atoms with van der Waals surface area (Å²) in [5.41, 5.74) is 2.99. The molecule has 0 radical (unpaired) electrons. The molecule has 6 heteroatoms. The normalized spacial score (nSPS) is 12.6. The fourth-order valence-electron chi connectivity index (χ4n) is 2.98. The van der Waals surface area contributed by atoms with Crippen molar-refractivity contribution in [2.24, 2.45) is 0 Å². The molecule has 0 aliphatic rings. The first-order chi connectivity index (χ1) is 12.0. The maximum absolute atomic E-state index is 10.9. The van der Waals surface area contributed by atoms with Crippen molar-refractivity contribution in [3.8, 4) is 22.8 Å². The molecule has 0 aliphatic heterocycles. The molecule has 0 saturated heterocycles. The van der Waals surface area contributed by atoms with E-state index in [2.05, 4.69) is 64.4 Å². The van der Waals surface area contributed by atoms with Gasteiger partial charge in [0.25, 0.3) is 0 Å². The number of benzene rings is 1. The highest BCUT2D eigenvalue weighted by Gasteiger charge is 2.28. The lowest BCUT2D eigenvalue weighted by Crippen LogP contribution is -2.18. The van der Waals surface area contributed by atoms with Crippen LogP contribution in [0.25, 0.3) is 17.1 Å². The lowest BCUT2D eigenvalue weighted by molar-refractivity contribution is 0.423. The molecule has 0 aliphatic carbocycles. The van der Waals surface area contributed by atoms with Crippen LogP contribution < -0.4 is 0 Å². The summed E-state index contributed by atoms with van der Waals surface area (Å²) in [6, 6.07) is 5.80. The van der Waals surface area contributed by atoms with E-state index in [1.165, 1.54) is 0 Å².